The number of hydrogen-bond donors (Lipinski definition) is 1. The molecule has 0 fully saturated rings. The minimum absolute atomic E-state index is 0.0178. The Hall–Kier alpha value is -1.23. The van der Waals surface area contributed by atoms with Gasteiger partial charge in [0.25, 0.3) is 0 Å². The molecule has 1 heterocycles. The molecule has 0 bridgehead atoms. The lowest BCUT2D eigenvalue weighted by Crippen LogP contribution is -2.02. The Labute approximate surface area is 68.2 Å². The summed E-state index contributed by atoms with van der Waals surface area (Å²) >= 11 is 0. The Morgan fingerprint density at radius 2 is 2.25 bits per heavy atom. The second-order valence-electron chi connectivity index (χ2n) is 2.24. The van der Waals surface area contributed by atoms with Gasteiger partial charge in [0.05, 0.1) is 6.61 Å². The van der Waals surface area contributed by atoms with E-state index in [1.54, 1.807) is 0 Å². The van der Waals surface area contributed by atoms with Gasteiger partial charge in [-0.1, -0.05) is 0 Å². The van der Waals surface area contributed by atoms with Gasteiger partial charge >= 0.3 is 0 Å². The summed E-state index contributed by atoms with van der Waals surface area (Å²) in [6.07, 6.45) is 0. The van der Waals surface area contributed by atoms with Crippen LogP contribution in [0, 0.1) is 11.8 Å². The maximum atomic E-state index is 12.8. The van der Waals surface area contributed by atoms with Crippen LogP contribution in [-0.2, 0) is 11.3 Å². The van der Waals surface area contributed by atoms with E-state index in [9.17, 15) is 8.78 Å². The van der Waals surface area contributed by atoms with Crippen LogP contribution in [0.2, 0.25) is 0 Å². The molecule has 1 aromatic heterocycles. The Kier molecular flexibility index (Phi) is 2.54. The number of nitrogens with zero attached hydrogens (tertiary/aromatic N) is 1. The van der Waals surface area contributed by atoms with Gasteiger partial charge in [-0.2, -0.15) is 9.37 Å². The SMILES string of the molecule is COCc1cc(F)c(N)nc1F. The highest BCUT2D eigenvalue weighted by molar-refractivity contribution is 5.32. The molecule has 12 heavy (non-hydrogen) atoms. The normalized spacial score (nSPS) is 10.2. The summed E-state index contributed by atoms with van der Waals surface area (Å²) in [5, 5.41) is 0. The lowest BCUT2D eigenvalue weighted by molar-refractivity contribution is 0.180. The lowest BCUT2D eigenvalue weighted by Gasteiger charge is -2.02. The van der Waals surface area contributed by atoms with Crippen LogP contribution < -0.4 is 5.73 Å². The first kappa shape index (κ1) is 8.86. The zero-order valence-electron chi connectivity index (χ0n) is 6.47. The van der Waals surface area contributed by atoms with Crippen molar-refractivity contribution in [2.75, 3.05) is 12.8 Å². The molecule has 0 unspecified atom stereocenters. The molecule has 0 atom stereocenters. The number of nitrogen functional groups attached to an aromatic ring is 1. The fraction of sp³-hybridized carbons (Fsp3) is 0.286. The van der Waals surface area contributed by atoms with Crippen LogP contribution >= 0.6 is 0 Å². The summed E-state index contributed by atoms with van der Waals surface area (Å²) in [4.78, 5) is 3.15. The van der Waals surface area contributed by atoms with Crippen LogP contribution in [0.1, 0.15) is 5.56 Å². The molecule has 1 aromatic rings. The van der Waals surface area contributed by atoms with Gasteiger partial charge in [-0.3, -0.25) is 0 Å². The third kappa shape index (κ3) is 1.68. The van der Waals surface area contributed by atoms with Gasteiger partial charge < -0.3 is 10.5 Å². The highest BCUT2D eigenvalue weighted by atomic mass is 19.1. The van der Waals surface area contributed by atoms with E-state index in [0.29, 0.717) is 0 Å². The average molecular weight is 174 g/mol. The Morgan fingerprint density at radius 3 is 2.83 bits per heavy atom. The number of methoxy groups -OCH3 is 1. The highest BCUT2D eigenvalue weighted by Gasteiger charge is 2.08. The topological polar surface area (TPSA) is 48.1 Å². The van der Waals surface area contributed by atoms with E-state index in [-0.39, 0.29) is 12.2 Å². The van der Waals surface area contributed by atoms with Gasteiger partial charge in [-0.05, 0) is 6.07 Å². The summed E-state index contributed by atoms with van der Waals surface area (Å²) < 4.78 is 30.1. The van der Waals surface area contributed by atoms with Gasteiger partial charge in [0.1, 0.15) is 0 Å². The quantitative estimate of drug-likeness (QED) is 0.682. The maximum absolute atomic E-state index is 12.8. The van der Waals surface area contributed by atoms with E-state index in [1.165, 1.54) is 7.11 Å². The number of rotatable bonds is 2. The second-order valence-corrected chi connectivity index (χ2v) is 2.24. The summed E-state index contributed by atoms with van der Waals surface area (Å²) in [5.41, 5.74) is 5.08. The zero-order valence-corrected chi connectivity index (χ0v) is 6.47. The molecule has 0 spiro atoms. The predicted octanol–water partition coefficient (Wildman–Crippen LogP) is 1.09. The number of nitrogens with two attached hydrogens (primary N) is 1. The number of halogens is 2. The van der Waals surface area contributed by atoms with Crippen LogP contribution in [0.25, 0.3) is 0 Å². The predicted molar refractivity (Wildman–Crippen MR) is 39.3 cm³/mol. The van der Waals surface area contributed by atoms with E-state index < -0.39 is 17.6 Å². The smallest absolute Gasteiger partial charge is 0.220 e. The third-order valence-electron chi connectivity index (χ3n) is 1.33. The molecule has 0 aliphatic rings. The molecule has 0 radical (unpaired) electrons. The minimum Gasteiger partial charge on any atom is -0.381 e. The van der Waals surface area contributed by atoms with Gasteiger partial charge in [-0.25, -0.2) is 4.39 Å². The first-order valence-electron chi connectivity index (χ1n) is 3.24. The second kappa shape index (κ2) is 3.44. The van der Waals surface area contributed by atoms with E-state index in [1.807, 2.05) is 0 Å². The number of pyridine rings is 1. The van der Waals surface area contributed by atoms with Crippen LogP contribution in [-0.4, -0.2) is 12.1 Å². The lowest BCUT2D eigenvalue weighted by atomic mass is 10.3. The minimum atomic E-state index is -0.796. The first-order chi connectivity index (χ1) is 5.65. The van der Waals surface area contributed by atoms with Crippen molar-refractivity contribution in [2.45, 2.75) is 6.61 Å². The molecule has 0 aliphatic carbocycles. The van der Waals surface area contributed by atoms with Crippen molar-refractivity contribution >= 4 is 5.82 Å². The van der Waals surface area contributed by atoms with Crippen molar-refractivity contribution in [2.24, 2.45) is 0 Å². The monoisotopic (exact) mass is 174 g/mol. The van der Waals surface area contributed by atoms with Crippen LogP contribution in [0.5, 0.6) is 0 Å². The van der Waals surface area contributed by atoms with Crippen molar-refractivity contribution in [1.29, 1.82) is 0 Å². The van der Waals surface area contributed by atoms with Crippen molar-refractivity contribution < 1.29 is 13.5 Å². The molecule has 66 valence electrons. The molecule has 0 amide bonds. The molecular formula is C7H8F2N2O. The number of ether oxygens (including phenoxy) is 1. The number of aromatic nitrogens is 1. The van der Waals surface area contributed by atoms with Crippen molar-refractivity contribution in [3.05, 3.63) is 23.4 Å². The largest absolute Gasteiger partial charge is 0.381 e. The third-order valence-corrected chi connectivity index (χ3v) is 1.33. The standard InChI is InChI=1S/C7H8F2N2O/c1-12-3-4-2-5(8)7(10)11-6(4)9/h2H,3H2,1H3,(H2,10,11). The van der Waals surface area contributed by atoms with E-state index in [2.05, 4.69) is 9.72 Å². The molecule has 0 saturated carbocycles. The highest BCUT2D eigenvalue weighted by Crippen LogP contribution is 2.12. The Balaban J connectivity index is 3.05. The van der Waals surface area contributed by atoms with Crippen molar-refractivity contribution in [3.8, 4) is 0 Å². The Morgan fingerprint density at radius 1 is 1.58 bits per heavy atom. The van der Waals surface area contributed by atoms with Crippen molar-refractivity contribution in [1.82, 2.24) is 4.98 Å². The van der Waals surface area contributed by atoms with E-state index >= 15 is 0 Å². The summed E-state index contributed by atoms with van der Waals surface area (Å²) in [7, 11) is 1.38. The molecule has 3 nitrogen and oxygen atoms in total. The summed E-state index contributed by atoms with van der Waals surface area (Å²) in [6, 6.07) is 0.973. The van der Waals surface area contributed by atoms with Crippen LogP contribution in [0.15, 0.2) is 6.07 Å². The van der Waals surface area contributed by atoms with Crippen LogP contribution in [0.3, 0.4) is 0 Å². The van der Waals surface area contributed by atoms with E-state index in [4.69, 9.17) is 5.73 Å². The number of anilines is 1. The molecule has 0 aliphatic heterocycles. The molecule has 0 aromatic carbocycles. The summed E-state index contributed by atoms with van der Waals surface area (Å²) in [5.74, 6) is -1.97. The zero-order chi connectivity index (χ0) is 9.14. The molecule has 0 saturated heterocycles. The van der Waals surface area contributed by atoms with Crippen molar-refractivity contribution in [3.63, 3.8) is 0 Å². The van der Waals surface area contributed by atoms with Gasteiger partial charge in [-0.15, -0.1) is 0 Å². The van der Waals surface area contributed by atoms with Crippen LogP contribution in [0.4, 0.5) is 14.6 Å². The maximum Gasteiger partial charge on any atom is 0.220 e. The fourth-order valence-electron chi connectivity index (χ4n) is 0.774. The number of hydrogen-bond acceptors (Lipinski definition) is 3. The molecule has 5 heteroatoms. The summed E-state index contributed by atoms with van der Waals surface area (Å²) in [6.45, 7) is -0.0178. The van der Waals surface area contributed by atoms with Gasteiger partial charge in [0.15, 0.2) is 11.6 Å². The Bertz CT molecular complexity index is 291. The van der Waals surface area contributed by atoms with Gasteiger partial charge in [0.2, 0.25) is 5.95 Å². The first-order valence-corrected chi connectivity index (χ1v) is 3.24. The average Bonchev–Trinajstić information content (AvgIpc) is 2.01. The molecule has 1 rings (SSSR count). The molecule has 2 N–H and O–H groups in total. The fourth-order valence-corrected chi connectivity index (χ4v) is 0.774. The van der Waals surface area contributed by atoms with E-state index in [0.717, 1.165) is 6.07 Å². The van der Waals surface area contributed by atoms with Gasteiger partial charge in [0, 0.05) is 12.7 Å². The molecular weight excluding hydrogens is 166 g/mol.